The molecule has 0 radical (unpaired) electrons. The second-order valence-corrected chi connectivity index (χ2v) is 7.51. The Hall–Kier alpha value is -2.60. The highest BCUT2D eigenvalue weighted by atomic mass is 14.2. The van der Waals surface area contributed by atoms with Crippen molar-refractivity contribution in [2.45, 2.75) is 48.5 Å². The van der Waals surface area contributed by atoms with Crippen molar-refractivity contribution >= 4 is 40.1 Å². The summed E-state index contributed by atoms with van der Waals surface area (Å²) in [6, 6.07) is 4.42. The molecule has 27 heavy (non-hydrogen) atoms. The van der Waals surface area contributed by atoms with E-state index in [1.165, 1.54) is 54.6 Å². The molecule has 0 saturated carbocycles. The minimum absolute atomic E-state index is 1.08. The molecule has 0 amide bonds. The van der Waals surface area contributed by atoms with E-state index in [0.29, 0.717) is 0 Å². The van der Waals surface area contributed by atoms with Gasteiger partial charge in [0.1, 0.15) is 0 Å². The second kappa shape index (κ2) is 7.96. The Morgan fingerprint density at radius 3 is 1.89 bits per heavy atom. The number of aryl methyl sites for hydroxylation is 1. The van der Waals surface area contributed by atoms with Gasteiger partial charge in [-0.25, -0.2) is 0 Å². The van der Waals surface area contributed by atoms with Crippen LogP contribution in [0.5, 0.6) is 0 Å². The molecule has 0 heterocycles. The number of hydrogen-bond donors (Lipinski definition) is 0. The fourth-order valence-corrected chi connectivity index (χ4v) is 4.28. The van der Waals surface area contributed by atoms with Gasteiger partial charge < -0.3 is 0 Å². The second-order valence-electron chi connectivity index (χ2n) is 7.51. The number of hydrogen-bond acceptors (Lipinski definition) is 0. The van der Waals surface area contributed by atoms with Crippen molar-refractivity contribution in [3.8, 4) is 0 Å². The highest BCUT2D eigenvalue weighted by Crippen LogP contribution is 2.33. The highest BCUT2D eigenvalue weighted by Gasteiger charge is 2.18. The molecule has 0 fully saturated rings. The third-order valence-corrected chi connectivity index (χ3v) is 5.19. The number of benzene rings is 2. The van der Waals surface area contributed by atoms with Crippen LogP contribution in [0.15, 0.2) is 43.0 Å². The van der Waals surface area contributed by atoms with Crippen LogP contribution in [0.25, 0.3) is 40.1 Å². The Labute approximate surface area is 164 Å². The van der Waals surface area contributed by atoms with Gasteiger partial charge in [-0.15, -0.1) is 0 Å². The van der Waals surface area contributed by atoms with Gasteiger partial charge in [0.25, 0.3) is 0 Å². The first-order valence-electron chi connectivity index (χ1n) is 9.55. The monoisotopic (exact) mass is 356 g/mol. The van der Waals surface area contributed by atoms with Crippen LogP contribution in [0, 0.1) is 6.92 Å². The van der Waals surface area contributed by atoms with Crippen molar-refractivity contribution in [2.75, 3.05) is 0 Å². The minimum atomic E-state index is 1.08. The zero-order valence-electron chi connectivity index (χ0n) is 18.0. The van der Waals surface area contributed by atoms with E-state index in [-0.39, 0.29) is 0 Å². The molecule has 0 bridgehead atoms. The van der Waals surface area contributed by atoms with E-state index in [2.05, 4.69) is 92.5 Å². The quantitative estimate of drug-likeness (QED) is 0.529. The topological polar surface area (TPSA) is 0 Å². The molecule has 0 heteroatoms. The Morgan fingerprint density at radius 1 is 0.889 bits per heavy atom. The van der Waals surface area contributed by atoms with E-state index in [9.17, 15) is 0 Å². The van der Waals surface area contributed by atoms with Crippen LogP contribution in [0.3, 0.4) is 0 Å². The van der Waals surface area contributed by atoms with Crippen LogP contribution < -0.4 is 10.4 Å². The minimum Gasteiger partial charge on any atom is -0.0984 e. The van der Waals surface area contributed by atoms with Crippen molar-refractivity contribution in [3.63, 3.8) is 0 Å². The van der Waals surface area contributed by atoms with E-state index >= 15 is 0 Å². The molecule has 0 aliphatic rings. The molecule has 0 aliphatic heterocycles. The lowest BCUT2D eigenvalue weighted by atomic mass is 9.83. The molecule has 2 rings (SSSR count). The molecule has 0 N–H and O–H groups in total. The number of allylic oxidation sites excluding steroid dienone is 4. The Morgan fingerprint density at radius 2 is 1.48 bits per heavy atom. The van der Waals surface area contributed by atoms with Gasteiger partial charge in [0.15, 0.2) is 0 Å². The predicted molar refractivity (Wildman–Crippen MR) is 126 cm³/mol. The Kier molecular flexibility index (Phi) is 6.11. The molecule has 0 aliphatic carbocycles. The standard InChI is InChI=1S/C27H32/c1-11-20-21(12-2)27-23(15-14-19(10)25(27)18(8)9)22(13-3)26(20)24(16(4)5)17(6)7/h11-15H,3-4,8H2,1-2,5-7,9-10H3/b20-11-,21-12?. The summed E-state index contributed by atoms with van der Waals surface area (Å²) in [5, 5.41) is 5.00. The van der Waals surface area contributed by atoms with Crippen LogP contribution in [0.4, 0.5) is 0 Å². The maximum absolute atomic E-state index is 4.27. The summed E-state index contributed by atoms with van der Waals surface area (Å²) in [5.41, 5.74) is 9.56. The van der Waals surface area contributed by atoms with Gasteiger partial charge in [-0.3, -0.25) is 0 Å². The lowest BCUT2D eigenvalue weighted by Gasteiger charge is -2.20. The molecule has 0 nitrogen and oxygen atoms in total. The van der Waals surface area contributed by atoms with E-state index < -0.39 is 0 Å². The van der Waals surface area contributed by atoms with Gasteiger partial charge in [0.2, 0.25) is 0 Å². The summed E-state index contributed by atoms with van der Waals surface area (Å²) in [4.78, 5) is 0. The van der Waals surface area contributed by atoms with E-state index in [1.54, 1.807) is 0 Å². The summed E-state index contributed by atoms with van der Waals surface area (Å²) < 4.78 is 0. The Bertz CT molecular complexity index is 1110. The van der Waals surface area contributed by atoms with Gasteiger partial charge in [0, 0.05) is 0 Å². The van der Waals surface area contributed by atoms with Gasteiger partial charge >= 0.3 is 0 Å². The molecule has 0 atom stereocenters. The normalized spacial score (nSPS) is 12.4. The lowest BCUT2D eigenvalue weighted by molar-refractivity contribution is 1.33. The molecule has 140 valence electrons. The summed E-state index contributed by atoms with van der Waals surface area (Å²) in [6.45, 7) is 27.6. The van der Waals surface area contributed by atoms with Crippen LogP contribution in [-0.2, 0) is 0 Å². The van der Waals surface area contributed by atoms with Crippen molar-refractivity contribution in [1.29, 1.82) is 0 Å². The van der Waals surface area contributed by atoms with E-state index in [0.717, 1.165) is 11.1 Å². The summed E-state index contributed by atoms with van der Waals surface area (Å²) >= 11 is 0. The molecule has 0 spiro atoms. The maximum atomic E-state index is 4.27. The van der Waals surface area contributed by atoms with Crippen molar-refractivity contribution in [1.82, 2.24) is 0 Å². The molecule has 2 aromatic carbocycles. The third-order valence-electron chi connectivity index (χ3n) is 5.19. The SMILES string of the molecule is C=Cc1c(C(C(=C)C)=C(C)C)/c(=C\C)c(=CC)c2c(C(=C)C)c(C)ccc12. The van der Waals surface area contributed by atoms with Crippen LogP contribution >= 0.6 is 0 Å². The van der Waals surface area contributed by atoms with Crippen molar-refractivity contribution in [3.05, 3.63) is 75.7 Å². The number of rotatable bonds is 4. The fraction of sp³-hybridized carbons (Fsp3) is 0.259. The van der Waals surface area contributed by atoms with Crippen LogP contribution in [0.2, 0.25) is 0 Å². The molecular weight excluding hydrogens is 324 g/mol. The average molecular weight is 357 g/mol. The van der Waals surface area contributed by atoms with Gasteiger partial charge in [-0.05, 0) is 97.5 Å². The largest absolute Gasteiger partial charge is 0.0984 e. The summed E-state index contributed by atoms with van der Waals surface area (Å²) in [7, 11) is 0. The lowest BCUT2D eigenvalue weighted by Crippen LogP contribution is -2.31. The average Bonchev–Trinajstić information content (AvgIpc) is 2.59. The zero-order chi connectivity index (χ0) is 20.5. The zero-order valence-corrected chi connectivity index (χ0v) is 18.0. The molecule has 2 aromatic rings. The van der Waals surface area contributed by atoms with Crippen molar-refractivity contribution < 1.29 is 0 Å². The summed E-state index contributed by atoms with van der Waals surface area (Å²) in [6.07, 6.45) is 6.43. The molecule has 0 saturated heterocycles. The smallest absolute Gasteiger partial charge is 0.00247 e. The highest BCUT2D eigenvalue weighted by molar-refractivity contribution is 6.03. The molecular formula is C27H32. The maximum Gasteiger partial charge on any atom is -0.00247 e. The first-order chi connectivity index (χ1) is 12.7. The fourth-order valence-electron chi connectivity index (χ4n) is 4.28. The number of fused-ring (bicyclic) bond motifs is 1. The van der Waals surface area contributed by atoms with Gasteiger partial charge in [0.05, 0.1) is 0 Å². The van der Waals surface area contributed by atoms with Crippen LogP contribution in [-0.4, -0.2) is 0 Å². The van der Waals surface area contributed by atoms with E-state index in [4.69, 9.17) is 0 Å². The van der Waals surface area contributed by atoms with E-state index in [1.807, 2.05) is 6.08 Å². The van der Waals surface area contributed by atoms with Crippen LogP contribution in [0.1, 0.15) is 63.8 Å². The molecule has 0 unspecified atom stereocenters. The van der Waals surface area contributed by atoms with Crippen molar-refractivity contribution in [2.24, 2.45) is 0 Å². The molecule has 0 aromatic heterocycles. The third kappa shape index (κ3) is 3.37. The van der Waals surface area contributed by atoms with Gasteiger partial charge in [-0.2, -0.15) is 0 Å². The predicted octanol–water partition coefficient (Wildman–Crippen LogP) is 6.79. The van der Waals surface area contributed by atoms with Gasteiger partial charge in [-0.1, -0.05) is 66.8 Å². The Balaban J connectivity index is 3.42. The first-order valence-corrected chi connectivity index (χ1v) is 9.55. The summed E-state index contributed by atoms with van der Waals surface area (Å²) in [5.74, 6) is 0. The first kappa shape index (κ1) is 20.7.